The van der Waals surface area contributed by atoms with Crippen molar-refractivity contribution in [1.29, 1.82) is 0 Å². The number of aryl methyl sites for hydroxylation is 1. The number of imide groups is 1. The van der Waals surface area contributed by atoms with E-state index in [-0.39, 0.29) is 18.5 Å². The Morgan fingerprint density at radius 3 is 2.76 bits per heavy atom. The van der Waals surface area contributed by atoms with Crippen LogP contribution in [-0.4, -0.2) is 41.0 Å². The van der Waals surface area contributed by atoms with Gasteiger partial charge >= 0.3 is 6.03 Å². The SMILES string of the molecule is CCC1(C)NC(=O)N(NC(=O)CN2c3ccccc3CCC2C)C1=O. The molecule has 2 heterocycles. The molecule has 2 unspecified atom stereocenters. The summed E-state index contributed by atoms with van der Waals surface area (Å²) in [5.41, 5.74) is 3.74. The zero-order chi connectivity index (χ0) is 18.2. The first-order valence-corrected chi connectivity index (χ1v) is 8.66. The van der Waals surface area contributed by atoms with Gasteiger partial charge in [0.05, 0.1) is 6.54 Å². The molecule has 0 radical (unpaired) electrons. The highest BCUT2D eigenvalue weighted by Gasteiger charge is 2.47. The monoisotopic (exact) mass is 344 g/mol. The number of benzene rings is 1. The van der Waals surface area contributed by atoms with E-state index >= 15 is 0 Å². The van der Waals surface area contributed by atoms with Crippen molar-refractivity contribution in [1.82, 2.24) is 15.8 Å². The molecule has 1 aromatic rings. The highest BCUT2D eigenvalue weighted by molar-refractivity contribution is 6.07. The van der Waals surface area contributed by atoms with Crippen molar-refractivity contribution in [3.05, 3.63) is 29.8 Å². The number of hydrogen-bond donors (Lipinski definition) is 2. The first kappa shape index (κ1) is 17.3. The summed E-state index contributed by atoms with van der Waals surface area (Å²) in [4.78, 5) is 38.9. The van der Waals surface area contributed by atoms with Gasteiger partial charge in [-0.3, -0.25) is 15.0 Å². The van der Waals surface area contributed by atoms with E-state index in [4.69, 9.17) is 0 Å². The lowest BCUT2D eigenvalue weighted by Crippen LogP contribution is -2.52. The summed E-state index contributed by atoms with van der Waals surface area (Å²) in [5.74, 6) is -0.812. The molecule has 7 nitrogen and oxygen atoms in total. The van der Waals surface area contributed by atoms with Crippen LogP contribution in [0, 0.1) is 0 Å². The minimum absolute atomic E-state index is 0.0953. The normalized spacial score (nSPS) is 25.6. The number of amides is 4. The van der Waals surface area contributed by atoms with Crippen molar-refractivity contribution in [2.24, 2.45) is 0 Å². The summed E-state index contributed by atoms with van der Waals surface area (Å²) in [6, 6.07) is 7.63. The van der Waals surface area contributed by atoms with Gasteiger partial charge in [0.2, 0.25) is 0 Å². The summed E-state index contributed by atoms with van der Waals surface area (Å²) in [6.07, 6.45) is 2.40. The van der Waals surface area contributed by atoms with Crippen LogP contribution in [0.1, 0.15) is 39.2 Å². The number of hydrazine groups is 1. The van der Waals surface area contributed by atoms with E-state index in [1.807, 2.05) is 30.0 Å². The molecule has 2 atom stereocenters. The molecule has 7 heteroatoms. The average Bonchev–Trinajstić information content (AvgIpc) is 2.81. The predicted molar refractivity (Wildman–Crippen MR) is 93.8 cm³/mol. The molecule has 0 bridgehead atoms. The van der Waals surface area contributed by atoms with Crippen molar-refractivity contribution in [2.75, 3.05) is 11.4 Å². The van der Waals surface area contributed by atoms with Gasteiger partial charge in [-0.1, -0.05) is 25.1 Å². The largest absolute Gasteiger partial charge is 0.359 e. The zero-order valence-corrected chi connectivity index (χ0v) is 14.8. The number of fused-ring (bicyclic) bond motifs is 1. The maximum atomic E-state index is 12.5. The summed E-state index contributed by atoms with van der Waals surface area (Å²) in [5, 5.41) is 3.42. The zero-order valence-electron chi connectivity index (χ0n) is 14.8. The van der Waals surface area contributed by atoms with E-state index in [9.17, 15) is 14.4 Å². The second-order valence-electron chi connectivity index (χ2n) is 6.94. The topological polar surface area (TPSA) is 81.8 Å². The summed E-state index contributed by atoms with van der Waals surface area (Å²) in [6.45, 7) is 5.64. The second-order valence-corrected chi connectivity index (χ2v) is 6.94. The number of carbonyl (C=O) groups is 3. The maximum absolute atomic E-state index is 12.5. The molecule has 1 saturated heterocycles. The number of anilines is 1. The molecule has 0 saturated carbocycles. The lowest BCUT2D eigenvalue weighted by Gasteiger charge is -2.36. The van der Waals surface area contributed by atoms with Gasteiger partial charge in [-0.05, 0) is 44.7 Å². The van der Waals surface area contributed by atoms with Crippen LogP contribution in [0.25, 0.3) is 0 Å². The number of hydrogen-bond acceptors (Lipinski definition) is 4. The van der Waals surface area contributed by atoms with Gasteiger partial charge in [0.15, 0.2) is 0 Å². The van der Waals surface area contributed by atoms with Crippen LogP contribution in [-0.2, 0) is 16.0 Å². The molecular weight excluding hydrogens is 320 g/mol. The van der Waals surface area contributed by atoms with Crippen molar-refractivity contribution >= 4 is 23.5 Å². The van der Waals surface area contributed by atoms with Gasteiger partial charge in [-0.2, -0.15) is 5.01 Å². The van der Waals surface area contributed by atoms with Gasteiger partial charge in [-0.15, -0.1) is 0 Å². The summed E-state index contributed by atoms with van der Waals surface area (Å²) < 4.78 is 0. The lowest BCUT2D eigenvalue weighted by atomic mass is 9.97. The predicted octanol–water partition coefficient (Wildman–Crippen LogP) is 1.58. The first-order valence-electron chi connectivity index (χ1n) is 8.66. The third-order valence-electron chi connectivity index (χ3n) is 5.18. The quantitative estimate of drug-likeness (QED) is 0.813. The maximum Gasteiger partial charge on any atom is 0.344 e. The van der Waals surface area contributed by atoms with Crippen molar-refractivity contribution < 1.29 is 14.4 Å². The van der Waals surface area contributed by atoms with Crippen molar-refractivity contribution in [2.45, 2.75) is 51.6 Å². The Hall–Kier alpha value is -2.57. The van der Waals surface area contributed by atoms with Crippen molar-refractivity contribution in [3.63, 3.8) is 0 Å². The molecule has 1 fully saturated rings. The highest BCUT2D eigenvalue weighted by atomic mass is 16.2. The number of urea groups is 1. The van der Waals surface area contributed by atoms with Gasteiger partial charge in [0, 0.05) is 11.7 Å². The minimum atomic E-state index is -0.963. The summed E-state index contributed by atoms with van der Waals surface area (Å²) >= 11 is 0. The number of rotatable bonds is 4. The molecule has 1 aromatic carbocycles. The van der Waals surface area contributed by atoms with E-state index in [1.54, 1.807) is 6.92 Å². The van der Waals surface area contributed by atoms with Crippen molar-refractivity contribution in [3.8, 4) is 0 Å². The number of nitrogens with zero attached hydrogens (tertiary/aromatic N) is 2. The Bertz CT molecular complexity index is 720. The minimum Gasteiger partial charge on any atom is -0.359 e. The van der Waals surface area contributed by atoms with Crippen LogP contribution in [0.2, 0.25) is 0 Å². The van der Waals surface area contributed by atoms with Gasteiger partial charge in [-0.25, -0.2) is 4.79 Å². The standard InChI is InChI=1S/C18H24N4O3/c1-4-18(3)16(24)22(17(25)19-18)20-15(23)11-21-12(2)9-10-13-7-5-6-8-14(13)21/h5-8,12H,4,9-11H2,1-3H3,(H,19,25)(H,20,23). The average molecular weight is 344 g/mol. The number of nitrogens with one attached hydrogen (secondary N) is 2. The van der Waals surface area contributed by atoms with Crippen LogP contribution in [0.15, 0.2) is 24.3 Å². The second kappa shape index (κ2) is 6.38. The molecule has 2 aliphatic rings. The van der Waals surface area contributed by atoms with Gasteiger partial charge in [0.25, 0.3) is 11.8 Å². The van der Waals surface area contributed by atoms with E-state index in [1.165, 1.54) is 5.56 Å². The number of carbonyl (C=O) groups excluding carboxylic acids is 3. The van der Waals surface area contributed by atoms with E-state index in [2.05, 4.69) is 23.7 Å². The highest BCUT2D eigenvalue weighted by Crippen LogP contribution is 2.30. The fraction of sp³-hybridized carbons (Fsp3) is 0.500. The fourth-order valence-corrected chi connectivity index (χ4v) is 3.34. The van der Waals surface area contributed by atoms with Gasteiger partial charge in [0.1, 0.15) is 5.54 Å². The van der Waals surface area contributed by atoms with E-state index in [0.717, 1.165) is 23.5 Å². The molecule has 4 amide bonds. The van der Waals surface area contributed by atoms with E-state index < -0.39 is 17.5 Å². The van der Waals surface area contributed by atoms with Crippen LogP contribution in [0.3, 0.4) is 0 Å². The lowest BCUT2D eigenvalue weighted by molar-refractivity contribution is -0.138. The van der Waals surface area contributed by atoms with Gasteiger partial charge < -0.3 is 10.2 Å². The molecule has 0 aliphatic carbocycles. The Labute approximate surface area is 147 Å². The fourth-order valence-electron chi connectivity index (χ4n) is 3.34. The molecule has 0 spiro atoms. The molecule has 134 valence electrons. The third kappa shape index (κ3) is 3.06. The Balaban J connectivity index is 1.71. The van der Waals surface area contributed by atoms with Crippen LogP contribution >= 0.6 is 0 Å². The summed E-state index contributed by atoms with van der Waals surface area (Å²) in [7, 11) is 0. The Morgan fingerprint density at radius 1 is 1.36 bits per heavy atom. The molecule has 0 aromatic heterocycles. The van der Waals surface area contributed by atoms with Crippen LogP contribution in [0.5, 0.6) is 0 Å². The third-order valence-corrected chi connectivity index (χ3v) is 5.18. The molecular formula is C18H24N4O3. The van der Waals surface area contributed by atoms with Crippen LogP contribution in [0.4, 0.5) is 10.5 Å². The Morgan fingerprint density at radius 2 is 2.08 bits per heavy atom. The molecule has 2 aliphatic heterocycles. The van der Waals surface area contributed by atoms with E-state index in [0.29, 0.717) is 6.42 Å². The Kier molecular flexibility index (Phi) is 4.41. The first-order chi connectivity index (χ1) is 11.9. The molecule has 3 rings (SSSR count). The van der Waals surface area contributed by atoms with Crippen LogP contribution < -0.4 is 15.6 Å². The smallest absolute Gasteiger partial charge is 0.344 e. The number of para-hydroxylation sites is 1. The molecule has 25 heavy (non-hydrogen) atoms. The molecule has 2 N–H and O–H groups in total.